The van der Waals surface area contributed by atoms with Crippen molar-refractivity contribution in [1.82, 2.24) is 5.32 Å². The predicted molar refractivity (Wildman–Crippen MR) is 107 cm³/mol. The van der Waals surface area contributed by atoms with Crippen molar-refractivity contribution in [1.29, 1.82) is 0 Å². The number of carbonyl (C=O) groups is 1. The molecule has 0 bridgehead atoms. The SMILES string of the molecule is CC[N+](CC)(CCNC(=O)c1ccccc1)CCOc1cccc(C)c1. The second-order valence-corrected chi connectivity index (χ2v) is 6.71. The molecule has 0 aliphatic carbocycles. The van der Waals surface area contributed by atoms with Crippen molar-refractivity contribution in [2.24, 2.45) is 0 Å². The molecule has 0 unspecified atom stereocenters. The minimum Gasteiger partial charge on any atom is -0.488 e. The Kier molecular flexibility index (Phi) is 7.67. The first-order valence-electron chi connectivity index (χ1n) is 9.46. The fourth-order valence-corrected chi connectivity index (χ4v) is 3.13. The first-order valence-corrected chi connectivity index (χ1v) is 9.46. The summed E-state index contributed by atoms with van der Waals surface area (Å²) in [5, 5.41) is 3.04. The number of hydrogen-bond donors (Lipinski definition) is 1. The number of benzene rings is 2. The first-order chi connectivity index (χ1) is 12.6. The lowest BCUT2D eigenvalue weighted by Crippen LogP contribution is -2.53. The summed E-state index contributed by atoms with van der Waals surface area (Å²) in [5.74, 6) is 0.916. The molecule has 0 saturated heterocycles. The number of quaternary nitrogens is 1. The van der Waals surface area contributed by atoms with E-state index in [9.17, 15) is 4.79 Å². The molecule has 2 rings (SSSR count). The largest absolute Gasteiger partial charge is 0.488 e. The molecule has 0 aliphatic heterocycles. The molecule has 0 radical (unpaired) electrons. The molecule has 4 nitrogen and oxygen atoms in total. The summed E-state index contributed by atoms with van der Waals surface area (Å²) >= 11 is 0. The minimum atomic E-state index is -0.00748. The van der Waals surface area contributed by atoms with E-state index in [0.717, 1.165) is 36.4 Å². The molecule has 0 heterocycles. The van der Waals surface area contributed by atoms with Crippen LogP contribution in [0.5, 0.6) is 5.75 Å². The molecule has 0 fully saturated rings. The Bertz CT molecular complexity index is 682. The van der Waals surface area contributed by atoms with Crippen LogP contribution >= 0.6 is 0 Å². The number of rotatable bonds is 10. The monoisotopic (exact) mass is 355 g/mol. The maximum atomic E-state index is 12.2. The fourth-order valence-electron chi connectivity index (χ4n) is 3.13. The van der Waals surface area contributed by atoms with E-state index in [1.807, 2.05) is 42.5 Å². The Labute approximate surface area is 157 Å². The Balaban J connectivity index is 1.83. The van der Waals surface area contributed by atoms with Crippen molar-refractivity contribution in [2.75, 3.05) is 39.3 Å². The molecule has 1 amide bonds. The maximum absolute atomic E-state index is 12.2. The zero-order chi connectivity index (χ0) is 18.8. The van der Waals surface area contributed by atoms with Gasteiger partial charge >= 0.3 is 0 Å². The highest BCUT2D eigenvalue weighted by atomic mass is 16.5. The molecular weight excluding hydrogens is 324 g/mol. The third-order valence-electron chi connectivity index (χ3n) is 5.07. The van der Waals surface area contributed by atoms with Gasteiger partial charge in [0.05, 0.1) is 26.2 Å². The highest BCUT2D eigenvalue weighted by Crippen LogP contribution is 2.13. The second-order valence-electron chi connectivity index (χ2n) is 6.71. The number of nitrogens with one attached hydrogen (secondary N) is 1. The van der Waals surface area contributed by atoms with Gasteiger partial charge in [-0.15, -0.1) is 0 Å². The highest BCUT2D eigenvalue weighted by molar-refractivity contribution is 5.94. The lowest BCUT2D eigenvalue weighted by molar-refractivity contribution is -0.923. The second kappa shape index (κ2) is 9.97. The van der Waals surface area contributed by atoms with E-state index in [0.29, 0.717) is 18.7 Å². The third-order valence-corrected chi connectivity index (χ3v) is 5.07. The van der Waals surface area contributed by atoms with E-state index in [1.54, 1.807) is 0 Å². The molecule has 0 aromatic heterocycles. The van der Waals surface area contributed by atoms with Crippen molar-refractivity contribution in [3.63, 3.8) is 0 Å². The number of carbonyl (C=O) groups excluding carboxylic acids is 1. The van der Waals surface area contributed by atoms with Crippen LogP contribution in [0.15, 0.2) is 54.6 Å². The van der Waals surface area contributed by atoms with E-state index in [1.165, 1.54) is 5.56 Å². The van der Waals surface area contributed by atoms with E-state index in [4.69, 9.17) is 4.74 Å². The van der Waals surface area contributed by atoms with Crippen LogP contribution in [0.2, 0.25) is 0 Å². The molecule has 0 aliphatic rings. The van der Waals surface area contributed by atoms with Crippen molar-refractivity contribution < 1.29 is 14.0 Å². The van der Waals surface area contributed by atoms with Crippen LogP contribution in [-0.2, 0) is 0 Å². The fraction of sp³-hybridized carbons (Fsp3) is 0.409. The number of aryl methyl sites for hydroxylation is 1. The van der Waals surface area contributed by atoms with E-state index in [2.05, 4.69) is 38.2 Å². The smallest absolute Gasteiger partial charge is 0.251 e. The zero-order valence-corrected chi connectivity index (χ0v) is 16.2. The van der Waals surface area contributed by atoms with Gasteiger partial charge in [0.25, 0.3) is 5.91 Å². The van der Waals surface area contributed by atoms with Crippen LogP contribution in [0.1, 0.15) is 29.8 Å². The van der Waals surface area contributed by atoms with E-state index >= 15 is 0 Å². The highest BCUT2D eigenvalue weighted by Gasteiger charge is 2.23. The number of amides is 1. The molecule has 0 atom stereocenters. The number of likely N-dealkylation sites (N-methyl/N-ethyl adjacent to an activating group) is 1. The van der Waals surface area contributed by atoms with Crippen molar-refractivity contribution in [2.45, 2.75) is 20.8 Å². The Morgan fingerprint density at radius 3 is 2.38 bits per heavy atom. The van der Waals surface area contributed by atoms with Gasteiger partial charge in [-0.3, -0.25) is 4.79 Å². The van der Waals surface area contributed by atoms with Crippen molar-refractivity contribution >= 4 is 5.91 Å². The third kappa shape index (κ3) is 5.88. The number of nitrogens with zero attached hydrogens (tertiary/aromatic N) is 1. The van der Waals surface area contributed by atoms with Gasteiger partial charge in [-0.1, -0.05) is 30.3 Å². The van der Waals surface area contributed by atoms with Gasteiger partial charge in [0.1, 0.15) is 18.9 Å². The van der Waals surface area contributed by atoms with Gasteiger partial charge in [-0.25, -0.2) is 0 Å². The van der Waals surface area contributed by atoms with Crippen molar-refractivity contribution in [3.05, 3.63) is 65.7 Å². The van der Waals surface area contributed by atoms with Crippen LogP contribution in [0.3, 0.4) is 0 Å². The van der Waals surface area contributed by atoms with Crippen molar-refractivity contribution in [3.8, 4) is 5.75 Å². The van der Waals surface area contributed by atoms with Gasteiger partial charge in [0.15, 0.2) is 0 Å². The molecule has 4 heteroatoms. The van der Waals surface area contributed by atoms with E-state index < -0.39 is 0 Å². The molecule has 140 valence electrons. The lowest BCUT2D eigenvalue weighted by atomic mass is 10.2. The maximum Gasteiger partial charge on any atom is 0.251 e. The van der Waals surface area contributed by atoms with E-state index in [-0.39, 0.29) is 5.91 Å². The molecule has 2 aromatic carbocycles. The summed E-state index contributed by atoms with van der Waals surface area (Å²) < 4.78 is 6.87. The van der Waals surface area contributed by atoms with Gasteiger partial charge in [-0.05, 0) is 50.6 Å². The van der Waals surface area contributed by atoms with Crippen LogP contribution in [-0.4, -0.2) is 49.7 Å². The summed E-state index contributed by atoms with van der Waals surface area (Å²) in [7, 11) is 0. The van der Waals surface area contributed by atoms with Gasteiger partial charge in [0, 0.05) is 5.56 Å². The van der Waals surface area contributed by atoms with Crippen LogP contribution < -0.4 is 10.1 Å². The number of hydrogen-bond acceptors (Lipinski definition) is 2. The quantitative estimate of drug-likeness (QED) is 0.661. The van der Waals surface area contributed by atoms with Gasteiger partial charge in [0.2, 0.25) is 0 Å². The van der Waals surface area contributed by atoms with Crippen LogP contribution in [0.25, 0.3) is 0 Å². The normalized spacial score (nSPS) is 11.2. The molecule has 1 N–H and O–H groups in total. The van der Waals surface area contributed by atoms with Crippen LogP contribution in [0.4, 0.5) is 0 Å². The molecule has 0 spiro atoms. The standard InChI is InChI=1S/C22H30N2O2/c1-4-24(5-2,16-17-26-21-13-9-10-19(3)18-21)15-14-23-22(25)20-11-7-6-8-12-20/h6-13,18H,4-5,14-17H2,1-3H3/p+1. The molecule has 0 saturated carbocycles. The lowest BCUT2D eigenvalue weighted by Gasteiger charge is -2.36. The molecule has 2 aromatic rings. The summed E-state index contributed by atoms with van der Waals surface area (Å²) in [6.45, 7) is 11.7. The average Bonchev–Trinajstić information content (AvgIpc) is 2.67. The topological polar surface area (TPSA) is 38.3 Å². The minimum absolute atomic E-state index is 0.00748. The van der Waals surface area contributed by atoms with Crippen LogP contribution in [0, 0.1) is 6.92 Å². The average molecular weight is 356 g/mol. The summed E-state index contributed by atoms with van der Waals surface area (Å²) in [6, 6.07) is 17.5. The zero-order valence-electron chi connectivity index (χ0n) is 16.2. The molecular formula is C22H31N2O2+. The Morgan fingerprint density at radius 2 is 1.73 bits per heavy atom. The van der Waals surface area contributed by atoms with Gasteiger partial charge in [-0.2, -0.15) is 0 Å². The molecule has 26 heavy (non-hydrogen) atoms. The van der Waals surface area contributed by atoms with Gasteiger partial charge < -0.3 is 14.5 Å². The summed E-state index contributed by atoms with van der Waals surface area (Å²) in [4.78, 5) is 12.2. The summed E-state index contributed by atoms with van der Waals surface area (Å²) in [5.41, 5.74) is 1.92. The number of ether oxygens (including phenoxy) is 1. The summed E-state index contributed by atoms with van der Waals surface area (Å²) in [6.07, 6.45) is 0. The predicted octanol–water partition coefficient (Wildman–Crippen LogP) is 3.66. The Morgan fingerprint density at radius 1 is 1.00 bits per heavy atom. The Hall–Kier alpha value is -2.33. The first kappa shape index (κ1) is 20.0.